The number of hydrogen-bond donors (Lipinski definition) is 2. The van der Waals surface area contributed by atoms with Gasteiger partial charge in [-0.15, -0.1) is 0 Å². The molecule has 0 amide bonds. The highest BCUT2D eigenvalue weighted by Crippen LogP contribution is 1.94. The van der Waals surface area contributed by atoms with Crippen LogP contribution in [0.15, 0.2) is 36.5 Å². The van der Waals surface area contributed by atoms with Crippen LogP contribution in [-0.4, -0.2) is 18.3 Å². The molecule has 10 heavy (non-hydrogen) atoms. The molecule has 56 valence electrons. The van der Waals surface area contributed by atoms with Crippen LogP contribution in [0.5, 0.6) is 0 Å². The second-order valence-corrected chi connectivity index (χ2v) is 1.77. The van der Waals surface area contributed by atoms with Gasteiger partial charge in [-0.1, -0.05) is 30.9 Å². The van der Waals surface area contributed by atoms with Crippen LogP contribution in [0, 0.1) is 0 Å². The Kier molecular flexibility index (Phi) is 5.72. The average Bonchev–Trinajstić information content (AvgIpc) is 1.98. The van der Waals surface area contributed by atoms with Gasteiger partial charge in [0.2, 0.25) is 0 Å². The predicted molar refractivity (Wildman–Crippen MR) is 43.6 cm³/mol. The van der Waals surface area contributed by atoms with Crippen molar-refractivity contribution in [3.8, 4) is 0 Å². The van der Waals surface area contributed by atoms with Crippen molar-refractivity contribution in [2.75, 3.05) is 13.2 Å². The first-order valence-electron chi connectivity index (χ1n) is 3.14. The van der Waals surface area contributed by atoms with Gasteiger partial charge in [-0.05, 0) is 5.57 Å². The third-order valence-electron chi connectivity index (χ3n) is 0.983. The van der Waals surface area contributed by atoms with Crippen LogP contribution in [0.2, 0.25) is 0 Å². The largest absolute Gasteiger partial charge is 0.392 e. The number of hydrogen-bond acceptors (Lipinski definition) is 2. The highest BCUT2D eigenvalue weighted by molar-refractivity contribution is 5.23. The van der Waals surface area contributed by atoms with Crippen LogP contribution in [0.1, 0.15) is 0 Å². The highest BCUT2D eigenvalue weighted by atomic mass is 16.3. The molecule has 0 aromatic heterocycles. The van der Waals surface area contributed by atoms with Gasteiger partial charge in [-0.3, -0.25) is 0 Å². The fraction of sp³-hybridized carbons (Fsp3) is 0.250. The Morgan fingerprint density at radius 3 is 2.70 bits per heavy atom. The van der Waals surface area contributed by atoms with Crippen molar-refractivity contribution in [2.24, 2.45) is 5.73 Å². The number of allylic oxidation sites excluding steroid dienone is 2. The minimum Gasteiger partial charge on any atom is -0.392 e. The number of aliphatic hydroxyl groups is 1. The van der Waals surface area contributed by atoms with Crippen molar-refractivity contribution in [3.05, 3.63) is 36.5 Å². The molecule has 0 aliphatic rings. The molecular weight excluding hydrogens is 126 g/mol. The van der Waals surface area contributed by atoms with Crippen LogP contribution in [0.25, 0.3) is 0 Å². The third-order valence-corrected chi connectivity index (χ3v) is 0.983. The van der Waals surface area contributed by atoms with E-state index < -0.39 is 0 Å². The predicted octanol–water partition coefficient (Wildman–Crippen LogP) is 0.606. The van der Waals surface area contributed by atoms with Gasteiger partial charge < -0.3 is 10.8 Å². The molecule has 0 heterocycles. The van der Waals surface area contributed by atoms with Gasteiger partial charge in [0.25, 0.3) is 0 Å². The lowest BCUT2D eigenvalue weighted by Gasteiger charge is -1.91. The van der Waals surface area contributed by atoms with E-state index in [2.05, 4.69) is 6.58 Å². The Hall–Kier alpha value is -0.860. The first-order valence-corrected chi connectivity index (χ1v) is 3.14. The quantitative estimate of drug-likeness (QED) is 0.560. The fourth-order valence-electron chi connectivity index (χ4n) is 0.532. The summed E-state index contributed by atoms with van der Waals surface area (Å²) in [5.41, 5.74) is 6.03. The van der Waals surface area contributed by atoms with E-state index in [-0.39, 0.29) is 6.61 Å². The summed E-state index contributed by atoms with van der Waals surface area (Å²) in [5.74, 6) is 0. The maximum absolute atomic E-state index is 8.68. The summed E-state index contributed by atoms with van der Waals surface area (Å²) < 4.78 is 0. The van der Waals surface area contributed by atoms with E-state index in [1.54, 1.807) is 24.3 Å². The van der Waals surface area contributed by atoms with Crippen LogP contribution >= 0.6 is 0 Å². The van der Waals surface area contributed by atoms with E-state index in [0.717, 1.165) is 5.57 Å². The monoisotopic (exact) mass is 139 g/mol. The van der Waals surface area contributed by atoms with Crippen molar-refractivity contribution < 1.29 is 5.11 Å². The molecule has 0 spiro atoms. The van der Waals surface area contributed by atoms with Gasteiger partial charge in [0.1, 0.15) is 0 Å². The van der Waals surface area contributed by atoms with E-state index in [1.807, 2.05) is 0 Å². The lowest BCUT2D eigenvalue weighted by molar-refractivity contribution is 0.335. The SMILES string of the molecule is C=C/C=C(\C=C/CN)CO. The molecule has 0 saturated carbocycles. The smallest absolute Gasteiger partial charge is 0.0681 e. The summed E-state index contributed by atoms with van der Waals surface area (Å²) in [5, 5.41) is 8.68. The standard InChI is InChI=1S/C8H13NO/c1-2-4-8(7-10)5-3-6-9/h2-5,10H,1,6-7,9H2/b5-3-,8-4+. The van der Waals surface area contributed by atoms with Gasteiger partial charge in [-0.2, -0.15) is 0 Å². The summed E-state index contributed by atoms with van der Waals surface area (Å²) in [7, 11) is 0. The molecule has 0 radical (unpaired) electrons. The molecule has 3 N–H and O–H groups in total. The zero-order valence-electron chi connectivity index (χ0n) is 5.96. The third kappa shape index (κ3) is 4.06. The van der Waals surface area contributed by atoms with Crippen molar-refractivity contribution in [3.63, 3.8) is 0 Å². The van der Waals surface area contributed by atoms with Crippen molar-refractivity contribution in [1.29, 1.82) is 0 Å². The molecule has 0 atom stereocenters. The molecule has 0 aliphatic heterocycles. The minimum atomic E-state index is 0.0303. The topological polar surface area (TPSA) is 46.2 Å². The first kappa shape index (κ1) is 9.14. The zero-order chi connectivity index (χ0) is 7.82. The molecule has 0 fully saturated rings. The molecule has 2 nitrogen and oxygen atoms in total. The minimum absolute atomic E-state index is 0.0303. The van der Waals surface area contributed by atoms with Gasteiger partial charge in [0.15, 0.2) is 0 Å². The average molecular weight is 139 g/mol. The van der Waals surface area contributed by atoms with Crippen molar-refractivity contribution in [1.82, 2.24) is 0 Å². The molecule has 0 aromatic carbocycles. The Bertz CT molecular complexity index is 147. The van der Waals surface area contributed by atoms with E-state index >= 15 is 0 Å². The maximum Gasteiger partial charge on any atom is 0.0681 e. The van der Waals surface area contributed by atoms with Crippen molar-refractivity contribution in [2.45, 2.75) is 0 Å². The summed E-state index contributed by atoms with van der Waals surface area (Å²) in [6.45, 7) is 4.03. The second kappa shape index (κ2) is 6.26. The Balaban J connectivity index is 3.94. The van der Waals surface area contributed by atoms with Crippen LogP contribution in [-0.2, 0) is 0 Å². The molecule has 0 aromatic rings. The number of aliphatic hydroxyl groups excluding tert-OH is 1. The Morgan fingerprint density at radius 2 is 2.30 bits per heavy atom. The lowest BCUT2D eigenvalue weighted by Crippen LogP contribution is -1.93. The summed E-state index contributed by atoms with van der Waals surface area (Å²) in [6.07, 6.45) is 6.94. The molecule has 0 aliphatic carbocycles. The second-order valence-electron chi connectivity index (χ2n) is 1.77. The summed E-state index contributed by atoms with van der Waals surface area (Å²) >= 11 is 0. The summed E-state index contributed by atoms with van der Waals surface area (Å²) in [4.78, 5) is 0. The summed E-state index contributed by atoms with van der Waals surface area (Å²) in [6, 6.07) is 0. The van der Waals surface area contributed by atoms with Crippen LogP contribution in [0.4, 0.5) is 0 Å². The first-order chi connectivity index (χ1) is 4.85. The van der Waals surface area contributed by atoms with Gasteiger partial charge in [0.05, 0.1) is 6.61 Å². The van der Waals surface area contributed by atoms with Crippen molar-refractivity contribution >= 4 is 0 Å². The molecular formula is C8H13NO. The fourth-order valence-corrected chi connectivity index (χ4v) is 0.532. The van der Waals surface area contributed by atoms with Crippen LogP contribution < -0.4 is 5.73 Å². The van der Waals surface area contributed by atoms with Gasteiger partial charge >= 0.3 is 0 Å². The Morgan fingerprint density at radius 1 is 1.60 bits per heavy atom. The highest BCUT2D eigenvalue weighted by Gasteiger charge is 1.83. The molecule has 0 rings (SSSR count). The lowest BCUT2D eigenvalue weighted by atomic mass is 10.2. The molecule has 0 bridgehead atoms. The van der Waals surface area contributed by atoms with E-state index in [9.17, 15) is 0 Å². The zero-order valence-corrected chi connectivity index (χ0v) is 5.96. The number of rotatable bonds is 4. The van der Waals surface area contributed by atoms with Gasteiger partial charge in [-0.25, -0.2) is 0 Å². The molecule has 0 unspecified atom stereocenters. The molecule has 2 heteroatoms. The normalized spacial score (nSPS) is 12.4. The van der Waals surface area contributed by atoms with E-state index in [4.69, 9.17) is 10.8 Å². The maximum atomic E-state index is 8.68. The molecule has 0 saturated heterocycles. The Labute approximate surface area is 61.4 Å². The number of nitrogens with two attached hydrogens (primary N) is 1. The van der Waals surface area contributed by atoms with E-state index in [0.29, 0.717) is 6.54 Å². The van der Waals surface area contributed by atoms with Crippen LogP contribution in [0.3, 0.4) is 0 Å². The van der Waals surface area contributed by atoms with E-state index in [1.165, 1.54) is 0 Å². The van der Waals surface area contributed by atoms with Gasteiger partial charge in [0, 0.05) is 6.54 Å².